The first-order chi connectivity index (χ1) is 12.6. The Morgan fingerprint density at radius 2 is 1.26 bits per heavy atom. The number of carbonyl (C=O) groups is 1. The molecule has 0 aromatic rings. The molecule has 0 fully saturated rings. The molecule has 0 saturated carbocycles. The van der Waals surface area contributed by atoms with Crippen molar-refractivity contribution in [3.05, 3.63) is 0 Å². The van der Waals surface area contributed by atoms with E-state index in [0.29, 0.717) is 0 Å². The minimum absolute atomic E-state index is 0.104. The van der Waals surface area contributed by atoms with Crippen LogP contribution in [0.5, 0.6) is 0 Å². The van der Waals surface area contributed by atoms with Gasteiger partial charge >= 0.3 is 15.2 Å². The van der Waals surface area contributed by atoms with Gasteiger partial charge in [0.15, 0.2) is 0 Å². The van der Waals surface area contributed by atoms with E-state index < -0.39 is 26.6 Å². The molecule has 0 spiro atoms. The molecule has 1 amide bonds. The number of hydrazine groups is 1. The van der Waals surface area contributed by atoms with Crippen LogP contribution in [0.4, 0.5) is 0 Å². The lowest BCUT2D eigenvalue weighted by atomic mass is 10.1. The zero-order chi connectivity index (χ0) is 21.1. The molecule has 0 aliphatic carbocycles. The van der Waals surface area contributed by atoms with Crippen molar-refractivity contribution >= 4 is 21.1 Å². The second-order valence-corrected chi connectivity index (χ2v) is 10.6. The Hall–Kier alpha value is -0.270. The number of hydrogen-bond acceptors (Lipinski definition) is 8. The van der Waals surface area contributed by atoms with Gasteiger partial charge in [0.05, 0.1) is 32.1 Å². The van der Waals surface area contributed by atoms with Crippen LogP contribution in [0.15, 0.2) is 0 Å². The largest absolute Gasteiger partial charge is 0.349 e. The fourth-order valence-electron chi connectivity index (χ4n) is 2.61. The average molecular weight is 430 g/mol. The number of rotatable bonds is 15. The maximum atomic E-state index is 13.3. The lowest BCUT2D eigenvalue weighted by Gasteiger charge is -2.34. The standard InChI is InChI=1S/C16H36N2O7P2/c1-8-22-26(20,23-9-2)15(13(5)6)12-16(18-17-14(7)19)27(21,24-10-3)25-11-4/h13,15-16,18H,8-12H2,1-7H3,(H,17,19). The smallest absolute Gasteiger partial charge is 0.309 e. The molecule has 27 heavy (non-hydrogen) atoms. The molecular weight excluding hydrogens is 394 g/mol. The third-order valence-corrected chi connectivity index (χ3v) is 8.87. The Kier molecular flexibility index (Phi) is 12.9. The van der Waals surface area contributed by atoms with E-state index in [-0.39, 0.29) is 44.7 Å². The maximum Gasteiger partial charge on any atom is 0.349 e. The second kappa shape index (κ2) is 13.0. The molecule has 0 radical (unpaired) electrons. The summed E-state index contributed by atoms with van der Waals surface area (Å²) in [4.78, 5) is 11.4. The molecule has 0 aromatic carbocycles. The van der Waals surface area contributed by atoms with Gasteiger partial charge in [-0.15, -0.1) is 0 Å². The molecule has 162 valence electrons. The van der Waals surface area contributed by atoms with Crippen molar-refractivity contribution in [3.8, 4) is 0 Å². The summed E-state index contributed by atoms with van der Waals surface area (Å²) in [6, 6.07) is 0. The predicted molar refractivity (Wildman–Crippen MR) is 106 cm³/mol. The maximum absolute atomic E-state index is 13.3. The average Bonchev–Trinajstić information content (AvgIpc) is 2.54. The molecule has 0 heterocycles. The van der Waals surface area contributed by atoms with Crippen LogP contribution < -0.4 is 10.9 Å². The number of amides is 1. The lowest BCUT2D eigenvalue weighted by molar-refractivity contribution is -0.120. The predicted octanol–water partition coefficient (Wildman–Crippen LogP) is 3.90. The third kappa shape index (κ3) is 8.73. The van der Waals surface area contributed by atoms with E-state index in [0.717, 1.165) is 0 Å². The van der Waals surface area contributed by atoms with Crippen molar-refractivity contribution in [2.24, 2.45) is 5.92 Å². The van der Waals surface area contributed by atoms with Crippen molar-refractivity contribution in [2.75, 3.05) is 26.4 Å². The summed E-state index contributed by atoms with van der Waals surface area (Å²) >= 11 is 0. The van der Waals surface area contributed by atoms with Crippen LogP contribution in [0, 0.1) is 5.92 Å². The van der Waals surface area contributed by atoms with E-state index in [2.05, 4.69) is 10.9 Å². The van der Waals surface area contributed by atoms with Crippen LogP contribution in [-0.2, 0) is 32.0 Å². The van der Waals surface area contributed by atoms with Crippen molar-refractivity contribution in [1.29, 1.82) is 0 Å². The molecule has 0 rings (SSSR count). The molecule has 0 saturated heterocycles. The Balaban J connectivity index is 5.88. The molecule has 11 heteroatoms. The van der Waals surface area contributed by atoms with Gasteiger partial charge in [0.1, 0.15) is 5.78 Å². The highest BCUT2D eigenvalue weighted by atomic mass is 31.2. The van der Waals surface area contributed by atoms with Crippen molar-refractivity contribution < 1.29 is 32.0 Å². The minimum Gasteiger partial charge on any atom is -0.309 e. The summed E-state index contributed by atoms with van der Waals surface area (Å²) in [6.07, 6.45) is 0.104. The zero-order valence-electron chi connectivity index (χ0n) is 17.5. The molecule has 0 aliphatic rings. The van der Waals surface area contributed by atoms with E-state index >= 15 is 0 Å². The normalized spacial score (nSPS) is 15.0. The van der Waals surface area contributed by atoms with Crippen molar-refractivity contribution in [3.63, 3.8) is 0 Å². The van der Waals surface area contributed by atoms with Crippen LogP contribution in [0.1, 0.15) is 54.9 Å². The van der Waals surface area contributed by atoms with Crippen molar-refractivity contribution in [1.82, 2.24) is 10.9 Å². The number of hydrogen-bond donors (Lipinski definition) is 2. The third-order valence-electron chi connectivity index (χ3n) is 3.67. The van der Waals surface area contributed by atoms with Crippen LogP contribution in [0.25, 0.3) is 0 Å². The van der Waals surface area contributed by atoms with Crippen LogP contribution in [-0.4, -0.2) is 43.8 Å². The van der Waals surface area contributed by atoms with E-state index in [9.17, 15) is 13.9 Å². The van der Waals surface area contributed by atoms with Gasteiger partial charge < -0.3 is 18.1 Å². The van der Waals surface area contributed by atoms with Gasteiger partial charge in [-0.05, 0) is 40.0 Å². The van der Waals surface area contributed by atoms with Gasteiger partial charge in [0, 0.05) is 6.92 Å². The van der Waals surface area contributed by atoms with Gasteiger partial charge in [-0.3, -0.25) is 19.4 Å². The first-order valence-electron chi connectivity index (χ1n) is 9.39. The molecule has 2 N–H and O–H groups in total. The quantitative estimate of drug-likeness (QED) is 0.297. The summed E-state index contributed by atoms with van der Waals surface area (Å²) in [6.45, 7) is 12.7. The van der Waals surface area contributed by atoms with E-state index in [1.165, 1.54) is 6.92 Å². The zero-order valence-corrected chi connectivity index (χ0v) is 19.3. The SMILES string of the molecule is CCOP(=O)(OCC)C(CC(C(C)C)P(=O)(OCC)OCC)NNC(C)=O. The Morgan fingerprint density at radius 3 is 1.59 bits per heavy atom. The van der Waals surface area contributed by atoms with Gasteiger partial charge in [0.25, 0.3) is 0 Å². The minimum atomic E-state index is -3.64. The molecule has 9 nitrogen and oxygen atoms in total. The van der Waals surface area contributed by atoms with Gasteiger partial charge in [-0.25, -0.2) is 5.43 Å². The van der Waals surface area contributed by atoms with Gasteiger partial charge in [-0.2, -0.15) is 0 Å². The Labute approximate surface area is 163 Å². The summed E-state index contributed by atoms with van der Waals surface area (Å²) in [7, 11) is -7.12. The first-order valence-corrected chi connectivity index (χ1v) is 12.6. The molecule has 2 atom stereocenters. The van der Waals surface area contributed by atoms with E-state index in [1.807, 2.05) is 13.8 Å². The molecule has 2 unspecified atom stereocenters. The van der Waals surface area contributed by atoms with Crippen LogP contribution >= 0.6 is 15.2 Å². The number of carbonyl (C=O) groups excluding carboxylic acids is 1. The molecular formula is C16H36N2O7P2. The Bertz CT molecular complexity index is 511. The highest BCUT2D eigenvalue weighted by Crippen LogP contribution is 2.61. The summed E-state index contributed by atoms with van der Waals surface area (Å²) in [5, 5.41) is 0. The topological polar surface area (TPSA) is 112 Å². The number of nitrogens with one attached hydrogen (secondary N) is 2. The van der Waals surface area contributed by atoms with E-state index in [1.54, 1.807) is 27.7 Å². The second-order valence-electron chi connectivity index (χ2n) is 6.14. The molecule has 0 aromatic heterocycles. The fourth-order valence-corrected chi connectivity index (χ4v) is 7.02. The van der Waals surface area contributed by atoms with Gasteiger partial charge in [0.2, 0.25) is 5.91 Å². The van der Waals surface area contributed by atoms with E-state index in [4.69, 9.17) is 18.1 Å². The monoisotopic (exact) mass is 430 g/mol. The first kappa shape index (κ1) is 26.7. The highest BCUT2D eigenvalue weighted by Gasteiger charge is 2.45. The lowest BCUT2D eigenvalue weighted by Crippen LogP contribution is -2.45. The van der Waals surface area contributed by atoms with Gasteiger partial charge in [-0.1, -0.05) is 13.8 Å². The van der Waals surface area contributed by atoms with Crippen molar-refractivity contribution in [2.45, 2.75) is 66.3 Å². The molecule has 0 aliphatic heterocycles. The highest BCUT2D eigenvalue weighted by molar-refractivity contribution is 7.55. The molecule has 0 bridgehead atoms. The fraction of sp³-hybridized carbons (Fsp3) is 0.938. The summed E-state index contributed by atoms with van der Waals surface area (Å²) in [5.41, 5.74) is 4.59. The Morgan fingerprint density at radius 1 is 0.852 bits per heavy atom. The summed E-state index contributed by atoms with van der Waals surface area (Å²) in [5.74, 6) is -1.38. The van der Waals surface area contributed by atoms with Crippen LogP contribution in [0.2, 0.25) is 0 Å². The summed E-state index contributed by atoms with van der Waals surface area (Å²) < 4.78 is 48.5. The van der Waals surface area contributed by atoms with Crippen LogP contribution in [0.3, 0.4) is 0 Å².